The third-order valence-corrected chi connectivity index (χ3v) is 6.99. The molecular formula is C23H26N6O2S2. The van der Waals surface area contributed by atoms with Gasteiger partial charge in [-0.25, -0.2) is 9.97 Å². The van der Waals surface area contributed by atoms with E-state index in [0.717, 1.165) is 24.9 Å². The maximum atomic E-state index is 13.4. The highest BCUT2D eigenvalue weighted by molar-refractivity contribution is 8.26. The lowest BCUT2D eigenvalue weighted by Gasteiger charge is -2.21. The first kappa shape index (κ1) is 23.2. The average Bonchev–Trinajstić information content (AvgIpc) is 3.41. The topological polar surface area (TPSA) is 84.5 Å². The Labute approximate surface area is 201 Å². The normalized spacial score (nSPS) is 16.2. The first-order chi connectivity index (χ1) is 15.9. The second kappa shape index (κ2) is 9.88. The van der Waals surface area contributed by atoms with Crippen LogP contribution in [0.1, 0.15) is 37.8 Å². The fraction of sp³-hybridized carbons (Fsp3) is 0.348. The molecule has 1 atom stereocenters. The zero-order valence-electron chi connectivity index (χ0n) is 18.8. The molecule has 1 fully saturated rings. The summed E-state index contributed by atoms with van der Waals surface area (Å²) >= 11 is 6.67. The van der Waals surface area contributed by atoms with Crippen LogP contribution in [0.25, 0.3) is 11.7 Å². The maximum Gasteiger partial charge on any atom is 0.267 e. The van der Waals surface area contributed by atoms with Crippen molar-refractivity contribution in [2.24, 2.45) is 0 Å². The number of amides is 1. The van der Waals surface area contributed by atoms with E-state index in [4.69, 9.17) is 17.2 Å². The second-order valence-electron chi connectivity index (χ2n) is 7.95. The van der Waals surface area contributed by atoms with Crippen LogP contribution < -0.4 is 10.9 Å². The Morgan fingerprint density at radius 2 is 2.12 bits per heavy atom. The lowest BCUT2D eigenvalue weighted by Crippen LogP contribution is -2.36. The Kier molecular flexibility index (Phi) is 6.94. The van der Waals surface area contributed by atoms with Gasteiger partial charge in [-0.1, -0.05) is 37.0 Å². The van der Waals surface area contributed by atoms with E-state index in [1.54, 1.807) is 29.7 Å². The zero-order valence-corrected chi connectivity index (χ0v) is 20.4. The summed E-state index contributed by atoms with van der Waals surface area (Å²) in [4.78, 5) is 37.3. The van der Waals surface area contributed by atoms with Crippen LogP contribution in [0.2, 0.25) is 0 Å². The molecule has 1 saturated heterocycles. The van der Waals surface area contributed by atoms with E-state index >= 15 is 0 Å². The molecule has 1 aliphatic heterocycles. The molecule has 4 heterocycles. The summed E-state index contributed by atoms with van der Waals surface area (Å²) in [6, 6.07) is 3.74. The summed E-state index contributed by atoms with van der Waals surface area (Å²) in [5.74, 6) is 0.299. The molecule has 4 rings (SSSR count). The van der Waals surface area contributed by atoms with E-state index in [-0.39, 0.29) is 17.5 Å². The number of rotatable bonds is 8. The van der Waals surface area contributed by atoms with Gasteiger partial charge in [0.25, 0.3) is 11.5 Å². The van der Waals surface area contributed by atoms with Crippen LogP contribution in [0.5, 0.6) is 0 Å². The molecule has 0 spiro atoms. The van der Waals surface area contributed by atoms with Crippen LogP contribution in [0.4, 0.5) is 5.82 Å². The van der Waals surface area contributed by atoms with Crippen molar-refractivity contribution in [3.05, 3.63) is 63.4 Å². The number of carbonyl (C=O) groups excluding carboxylic acids is 1. The lowest BCUT2D eigenvalue weighted by atomic mass is 10.2. The predicted molar refractivity (Wildman–Crippen MR) is 136 cm³/mol. The number of pyridine rings is 1. The number of anilines is 1. The summed E-state index contributed by atoms with van der Waals surface area (Å²) in [5.41, 5.74) is 1.61. The van der Waals surface area contributed by atoms with E-state index in [0.29, 0.717) is 32.8 Å². The van der Waals surface area contributed by atoms with Crippen LogP contribution in [0.3, 0.4) is 0 Å². The molecule has 33 heavy (non-hydrogen) atoms. The van der Waals surface area contributed by atoms with Gasteiger partial charge in [0, 0.05) is 37.7 Å². The van der Waals surface area contributed by atoms with Gasteiger partial charge in [0.05, 0.1) is 16.8 Å². The van der Waals surface area contributed by atoms with Crippen LogP contribution in [0.15, 0.2) is 46.8 Å². The van der Waals surface area contributed by atoms with Gasteiger partial charge < -0.3 is 9.88 Å². The zero-order chi connectivity index (χ0) is 23.5. The third kappa shape index (κ3) is 4.72. The van der Waals surface area contributed by atoms with Crippen molar-refractivity contribution in [3.8, 4) is 0 Å². The SMILES string of the molecule is CCC(C)N1C(=O)C(=Cc2c(NCCCn3ccnc3)nc3c(C)cccn3c2=O)SC1=S. The van der Waals surface area contributed by atoms with Crippen molar-refractivity contribution in [2.45, 2.75) is 46.2 Å². The number of aryl methyl sites for hydroxylation is 2. The van der Waals surface area contributed by atoms with Gasteiger partial charge in [-0.3, -0.25) is 18.9 Å². The number of imidazole rings is 1. The molecule has 172 valence electrons. The van der Waals surface area contributed by atoms with Crippen LogP contribution in [-0.4, -0.2) is 46.6 Å². The highest BCUT2D eigenvalue weighted by atomic mass is 32.2. The number of thiocarbonyl (C=S) groups is 1. The van der Waals surface area contributed by atoms with E-state index in [1.165, 1.54) is 16.2 Å². The summed E-state index contributed by atoms with van der Waals surface area (Å²) in [7, 11) is 0. The number of fused-ring (bicyclic) bond motifs is 1. The van der Waals surface area contributed by atoms with Crippen molar-refractivity contribution < 1.29 is 4.79 Å². The Bertz CT molecular complexity index is 1280. The van der Waals surface area contributed by atoms with Gasteiger partial charge >= 0.3 is 0 Å². The standard InChI is InChI=1S/C23H26N6O2S2/c1-4-16(3)29-22(31)18(33-23(29)32)13-17-19(25-8-6-10-27-12-9-24-14-27)26-20-15(2)7-5-11-28(20)21(17)30/h5,7,9,11-14,16,25H,4,6,8,10H2,1-3H3. The largest absolute Gasteiger partial charge is 0.369 e. The summed E-state index contributed by atoms with van der Waals surface area (Å²) in [6.45, 7) is 7.31. The lowest BCUT2D eigenvalue weighted by molar-refractivity contribution is -0.123. The highest BCUT2D eigenvalue weighted by Crippen LogP contribution is 2.34. The van der Waals surface area contributed by atoms with Crippen LogP contribution >= 0.6 is 24.0 Å². The number of hydrogen-bond acceptors (Lipinski definition) is 7. The minimum atomic E-state index is -0.227. The molecule has 0 saturated carbocycles. The Morgan fingerprint density at radius 1 is 1.30 bits per heavy atom. The van der Waals surface area contributed by atoms with Gasteiger partial charge in [0.15, 0.2) is 0 Å². The Hall–Kier alpha value is -2.98. The molecule has 1 unspecified atom stereocenters. The molecule has 1 amide bonds. The van der Waals surface area contributed by atoms with Crippen molar-refractivity contribution in [3.63, 3.8) is 0 Å². The number of aromatic nitrogens is 4. The van der Waals surface area contributed by atoms with Crippen LogP contribution in [0, 0.1) is 6.92 Å². The highest BCUT2D eigenvalue weighted by Gasteiger charge is 2.35. The molecule has 0 aromatic carbocycles. The Balaban J connectivity index is 1.69. The number of thioether (sulfide) groups is 1. The van der Waals surface area contributed by atoms with Gasteiger partial charge in [0.2, 0.25) is 0 Å². The van der Waals surface area contributed by atoms with E-state index in [1.807, 2.05) is 43.7 Å². The van der Waals surface area contributed by atoms with E-state index in [9.17, 15) is 9.59 Å². The third-order valence-electron chi connectivity index (χ3n) is 5.66. The monoisotopic (exact) mass is 482 g/mol. The number of carbonyl (C=O) groups is 1. The predicted octanol–water partition coefficient (Wildman–Crippen LogP) is 3.70. The van der Waals surface area contributed by atoms with E-state index < -0.39 is 0 Å². The quantitative estimate of drug-likeness (QED) is 0.298. The van der Waals surface area contributed by atoms with Crippen molar-refractivity contribution >= 4 is 51.7 Å². The van der Waals surface area contributed by atoms with Gasteiger partial charge in [-0.2, -0.15) is 0 Å². The minimum Gasteiger partial charge on any atom is -0.369 e. The summed E-state index contributed by atoms with van der Waals surface area (Å²) < 4.78 is 4.03. The van der Waals surface area contributed by atoms with Gasteiger partial charge in [-0.15, -0.1) is 0 Å². The van der Waals surface area contributed by atoms with Crippen LogP contribution in [-0.2, 0) is 11.3 Å². The molecule has 1 aliphatic rings. The average molecular weight is 483 g/mol. The van der Waals surface area contributed by atoms with Crippen molar-refractivity contribution in [1.29, 1.82) is 0 Å². The molecule has 0 radical (unpaired) electrons. The molecule has 3 aromatic heterocycles. The molecule has 0 aliphatic carbocycles. The smallest absolute Gasteiger partial charge is 0.267 e. The fourth-order valence-corrected chi connectivity index (χ4v) is 5.08. The van der Waals surface area contributed by atoms with E-state index in [2.05, 4.69) is 10.3 Å². The molecule has 8 nitrogen and oxygen atoms in total. The fourth-order valence-electron chi connectivity index (χ4n) is 3.64. The first-order valence-corrected chi connectivity index (χ1v) is 12.1. The Morgan fingerprint density at radius 3 is 2.85 bits per heavy atom. The molecule has 3 aromatic rings. The maximum absolute atomic E-state index is 13.4. The first-order valence-electron chi connectivity index (χ1n) is 10.9. The summed E-state index contributed by atoms with van der Waals surface area (Å²) in [6.07, 6.45) is 10.4. The molecule has 0 bridgehead atoms. The molecular weight excluding hydrogens is 456 g/mol. The molecule has 10 heteroatoms. The number of nitrogens with one attached hydrogen (secondary N) is 1. The molecule has 1 N–H and O–H groups in total. The van der Waals surface area contributed by atoms with Gasteiger partial charge in [0.1, 0.15) is 15.8 Å². The minimum absolute atomic E-state index is 0.00245. The summed E-state index contributed by atoms with van der Waals surface area (Å²) in [5, 5.41) is 3.31. The number of nitrogens with zero attached hydrogens (tertiary/aromatic N) is 5. The van der Waals surface area contributed by atoms with Crippen molar-refractivity contribution in [2.75, 3.05) is 11.9 Å². The number of hydrogen-bond donors (Lipinski definition) is 1. The second-order valence-corrected chi connectivity index (χ2v) is 9.63. The van der Waals surface area contributed by atoms with Gasteiger partial charge in [-0.05, 0) is 44.4 Å². The van der Waals surface area contributed by atoms with Crippen molar-refractivity contribution in [1.82, 2.24) is 23.8 Å².